The smallest absolute Gasteiger partial charge is 0.361 e. The number of carboxylic acid groups (broad SMARTS) is 1. The van der Waals surface area contributed by atoms with Crippen LogP contribution in [0.3, 0.4) is 0 Å². The van der Waals surface area contributed by atoms with E-state index in [0.29, 0.717) is 0 Å². The predicted molar refractivity (Wildman–Crippen MR) is 67.5 cm³/mol. The number of carbonyl (C=O) groups is 1. The lowest BCUT2D eigenvalue weighted by Crippen LogP contribution is -2.15. The topological polar surface area (TPSA) is 100 Å². The van der Waals surface area contributed by atoms with Crippen molar-refractivity contribution in [2.24, 2.45) is 0 Å². The van der Waals surface area contributed by atoms with Crippen LogP contribution in [0.4, 0.5) is 4.39 Å². The van der Waals surface area contributed by atoms with E-state index in [1.807, 2.05) is 0 Å². The number of aromatic nitrogens is 1. The molecule has 3 rings (SSSR count). The first-order valence-electron chi connectivity index (χ1n) is 5.50. The molecule has 0 saturated heterocycles. The monoisotopic (exact) mass is 275 g/mol. The number of pyridine rings is 1. The fraction of sp³-hybridized carbons (Fsp3) is 0. The van der Waals surface area contributed by atoms with E-state index in [1.54, 1.807) is 0 Å². The number of aromatic carboxylic acids is 1. The summed E-state index contributed by atoms with van der Waals surface area (Å²) in [5.41, 5.74) is -2.77. The molecule has 100 valence electrons. The summed E-state index contributed by atoms with van der Waals surface area (Å²) in [7, 11) is 0. The molecule has 7 heteroatoms. The number of hydrogen-bond acceptors (Lipinski definition) is 4. The predicted octanol–water partition coefficient (Wildman–Crippen LogP) is 1.47. The minimum absolute atomic E-state index is 0.0965. The standard InChI is InChI=1S/C13H6FNO5/c14-6-3-1-2-5-9-8(16)4-7(12(17)18)15-10(9)13(19)20-11(5)6/h1-4H,(H,15,16)(H,17,18). The molecular weight excluding hydrogens is 269 g/mol. The van der Waals surface area contributed by atoms with E-state index < -0.39 is 28.5 Å². The average Bonchev–Trinajstić information content (AvgIpc) is 2.40. The van der Waals surface area contributed by atoms with E-state index in [1.165, 1.54) is 12.1 Å². The molecule has 0 aliphatic rings. The summed E-state index contributed by atoms with van der Waals surface area (Å²) < 4.78 is 18.4. The van der Waals surface area contributed by atoms with Gasteiger partial charge >= 0.3 is 11.6 Å². The number of benzene rings is 1. The number of H-pyrrole nitrogens is 1. The van der Waals surface area contributed by atoms with Crippen LogP contribution in [0.15, 0.2) is 38.3 Å². The summed E-state index contributed by atoms with van der Waals surface area (Å²) in [6.45, 7) is 0. The summed E-state index contributed by atoms with van der Waals surface area (Å²) >= 11 is 0. The Labute approximate surface area is 109 Å². The van der Waals surface area contributed by atoms with Gasteiger partial charge in [0.1, 0.15) is 11.2 Å². The molecule has 0 amide bonds. The number of nitrogens with one attached hydrogen (secondary N) is 1. The molecular formula is C13H6FNO5. The van der Waals surface area contributed by atoms with Crippen LogP contribution >= 0.6 is 0 Å². The van der Waals surface area contributed by atoms with Gasteiger partial charge in [0.05, 0.1) is 5.39 Å². The normalized spacial score (nSPS) is 11.1. The van der Waals surface area contributed by atoms with Crippen LogP contribution in [0.5, 0.6) is 0 Å². The third kappa shape index (κ3) is 1.60. The molecule has 0 bridgehead atoms. The van der Waals surface area contributed by atoms with Crippen molar-refractivity contribution in [3.8, 4) is 0 Å². The van der Waals surface area contributed by atoms with Gasteiger partial charge in [0.25, 0.3) is 0 Å². The molecule has 0 fully saturated rings. The highest BCUT2D eigenvalue weighted by molar-refractivity contribution is 6.03. The average molecular weight is 275 g/mol. The zero-order valence-electron chi connectivity index (χ0n) is 9.77. The fourth-order valence-corrected chi connectivity index (χ4v) is 2.05. The van der Waals surface area contributed by atoms with E-state index in [9.17, 15) is 18.8 Å². The number of para-hydroxylation sites is 1. The first kappa shape index (κ1) is 12.1. The van der Waals surface area contributed by atoms with E-state index >= 15 is 0 Å². The Kier molecular flexibility index (Phi) is 2.43. The van der Waals surface area contributed by atoms with Crippen molar-refractivity contribution in [1.82, 2.24) is 4.98 Å². The molecule has 2 N–H and O–H groups in total. The van der Waals surface area contributed by atoms with Crippen LogP contribution in [0.2, 0.25) is 0 Å². The van der Waals surface area contributed by atoms with Gasteiger partial charge in [0, 0.05) is 11.5 Å². The summed E-state index contributed by atoms with van der Waals surface area (Å²) in [4.78, 5) is 37.0. The minimum Gasteiger partial charge on any atom is -0.477 e. The highest BCUT2D eigenvalue weighted by atomic mass is 19.1. The molecule has 0 radical (unpaired) electrons. The van der Waals surface area contributed by atoms with Crippen LogP contribution in [-0.2, 0) is 0 Å². The third-order valence-corrected chi connectivity index (χ3v) is 2.90. The number of hydrogen-bond donors (Lipinski definition) is 2. The van der Waals surface area contributed by atoms with Gasteiger partial charge < -0.3 is 14.5 Å². The Bertz CT molecular complexity index is 986. The third-order valence-electron chi connectivity index (χ3n) is 2.90. The van der Waals surface area contributed by atoms with Crippen LogP contribution in [0, 0.1) is 5.82 Å². The summed E-state index contributed by atoms with van der Waals surface area (Å²) in [5.74, 6) is -2.16. The number of carboxylic acids is 1. The molecule has 0 aliphatic carbocycles. The summed E-state index contributed by atoms with van der Waals surface area (Å²) in [5, 5.41) is 8.87. The molecule has 0 unspecified atom stereocenters. The van der Waals surface area contributed by atoms with Crippen molar-refractivity contribution in [3.05, 3.63) is 56.4 Å². The zero-order chi connectivity index (χ0) is 14.4. The lowest BCUT2D eigenvalue weighted by Gasteiger charge is -2.03. The van der Waals surface area contributed by atoms with Crippen molar-refractivity contribution in [3.63, 3.8) is 0 Å². The summed E-state index contributed by atoms with van der Waals surface area (Å²) in [6, 6.07) is 4.71. The first-order valence-corrected chi connectivity index (χ1v) is 5.50. The van der Waals surface area contributed by atoms with Gasteiger partial charge in [-0.15, -0.1) is 0 Å². The SMILES string of the molecule is O=C(O)c1cc(=O)c2c([nH]1)c(=O)oc1c(F)cccc12. The van der Waals surface area contributed by atoms with Gasteiger partial charge in [-0.25, -0.2) is 14.0 Å². The van der Waals surface area contributed by atoms with Gasteiger partial charge in [-0.3, -0.25) is 4.79 Å². The van der Waals surface area contributed by atoms with Gasteiger partial charge in [-0.2, -0.15) is 0 Å². The molecule has 1 aromatic carbocycles. The Hall–Kier alpha value is -2.96. The van der Waals surface area contributed by atoms with Crippen molar-refractivity contribution in [1.29, 1.82) is 0 Å². The lowest BCUT2D eigenvalue weighted by atomic mass is 10.1. The Morgan fingerprint density at radius 3 is 2.75 bits per heavy atom. The van der Waals surface area contributed by atoms with Gasteiger partial charge in [-0.05, 0) is 6.07 Å². The Morgan fingerprint density at radius 1 is 1.30 bits per heavy atom. The molecule has 2 heterocycles. The maximum Gasteiger partial charge on any atom is 0.361 e. The highest BCUT2D eigenvalue weighted by Crippen LogP contribution is 2.21. The van der Waals surface area contributed by atoms with E-state index in [4.69, 9.17) is 9.52 Å². The Morgan fingerprint density at radius 2 is 2.05 bits per heavy atom. The Balaban J connectivity index is 2.65. The zero-order valence-corrected chi connectivity index (χ0v) is 9.77. The van der Waals surface area contributed by atoms with Crippen LogP contribution in [0.1, 0.15) is 10.5 Å². The van der Waals surface area contributed by atoms with Crippen LogP contribution < -0.4 is 11.1 Å². The van der Waals surface area contributed by atoms with Gasteiger partial charge in [0.2, 0.25) is 0 Å². The van der Waals surface area contributed by atoms with Crippen molar-refractivity contribution >= 4 is 27.8 Å². The molecule has 0 aliphatic heterocycles. The first-order chi connectivity index (χ1) is 9.49. The minimum atomic E-state index is -1.39. The van der Waals surface area contributed by atoms with Crippen molar-refractivity contribution in [2.75, 3.05) is 0 Å². The summed E-state index contributed by atoms with van der Waals surface area (Å²) in [6.07, 6.45) is 0. The fourth-order valence-electron chi connectivity index (χ4n) is 2.05. The second kappa shape index (κ2) is 4.02. The highest BCUT2D eigenvalue weighted by Gasteiger charge is 2.16. The largest absolute Gasteiger partial charge is 0.477 e. The quantitative estimate of drug-likeness (QED) is 0.517. The number of fused-ring (bicyclic) bond motifs is 3. The second-order valence-corrected chi connectivity index (χ2v) is 4.11. The van der Waals surface area contributed by atoms with E-state index in [0.717, 1.165) is 12.1 Å². The molecule has 0 saturated carbocycles. The molecule has 0 atom stereocenters. The molecule has 0 spiro atoms. The van der Waals surface area contributed by atoms with Crippen molar-refractivity contribution < 1.29 is 18.7 Å². The second-order valence-electron chi connectivity index (χ2n) is 4.11. The van der Waals surface area contributed by atoms with Crippen molar-refractivity contribution in [2.45, 2.75) is 0 Å². The van der Waals surface area contributed by atoms with Gasteiger partial charge in [0.15, 0.2) is 16.8 Å². The lowest BCUT2D eigenvalue weighted by molar-refractivity contribution is 0.0691. The van der Waals surface area contributed by atoms with Crippen LogP contribution in [-0.4, -0.2) is 16.1 Å². The maximum atomic E-state index is 13.6. The number of halogens is 1. The number of aromatic amines is 1. The molecule has 20 heavy (non-hydrogen) atoms. The van der Waals surface area contributed by atoms with Crippen LogP contribution in [0.25, 0.3) is 21.9 Å². The molecule has 2 aromatic heterocycles. The number of rotatable bonds is 1. The molecule has 3 aromatic rings. The van der Waals surface area contributed by atoms with E-state index in [2.05, 4.69) is 4.98 Å². The maximum absolute atomic E-state index is 13.6. The van der Waals surface area contributed by atoms with Gasteiger partial charge in [-0.1, -0.05) is 12.1 Å². The van der Waals surface area contributed by atoms with E-state index in [-0.39, 0.29) is 21.9 Å². The molecule has 6 nitrogen and oxygen atoms in total.